The maximum absolute atomic E-state index is 9.20. The highest BCUT2D eigenvalue weighted by Crippen LogP contribution is 2.13. The lowest BCUT2D eigenvalue weighted by molar-refractivity contribution is 0.249. The van der Waals surface area contributed by atoms with Gasteiger partial charge in [-0.3, -0.25) is 0 Å². The average molecular weight is 219 g/mol. The number of rotatable bonds is 4. The maximum atomic E-state index is 9.20. The molecule has 1 unspecified atom stereocenters. The molecule has 0 fully saturated rings. The van der Waals surface area contributed by atoms with Crippen LogP contribution in [0.3, 0.4) is 0 Å². The lowest BCUT2D eigenvalue weighted by Crippen LogP contribution is -2.29. The first-order chi connectivity index (χ1) is 7.56. The molecule has 0 aliphatic carbocycles. The Morgan fingerprint density at radius 3 is 2.69 bits per heavy atom. The van der Waals surface area contributed by atoms with Gasteiger partial charge in [0.05, 0.1) is 24.3 Å². The van der Waals surface area contributed by atoms with Gasteiger partial charge in [0.1, 0.15) is 5.82 Å². The summed E-state index contributed by atoms with van der Waals surface area (Å²) in [5.41, 5.74) is 1.37. The lowest BCUT2D eigenvalue weighted by Gasteiger charge is -2.20. The van der Waals surface area contributed by atoms with Gasteiger partial charge < -0.3 is 10.4 Å². The van der Waals surface area contributed by atoms with Crippen molar-refractivity contribution in [1.29, 1.82) is 5.26 Å². The van der Waals surface area contributed by atoms with Gasteiger partial charge in [0, 0.05) is 5.69 Å². The van der Waals surface area contributed by atoms with E-state index in [9.17, 15) is 5.11 Å². The van der Waals surface area contributed by atoms with Crippen LogP contribution in [-0.4, -0.2) is 22.7 Å². The molecule has 0 aliphatic rings. The number of anilines is 1. The number of pyridine rings is 1. The molecule has 86 valence electrons. The molecule has 1 aromatic rings. The zero-order chi connectivity index (χ0) is 12.1. The molecular formula is C12H17N3O. The monoisotopic (exact) mass is 219 g/mol. The summed E-state index contributed by atoms with van der Waals surface area (Å²) in [6.07, 6.45) is 0. The largest absolute Gasteiger partial charge is 0.394 e. The Kier molecular flexibility index (Phi) is 4.27. The highest BCUT2D eigenvalue weighted by molar-refractivity contribution is 5.45. The molecule has 0 bridgehead atoms. The summed E-state index contributed by atoms with van der Waals surface area (Å²) < 4.78 is 0. The lowest BCUT2D eigenvalue weighted by atomic mass is 10.1. The van der Waals surface area contributed by atoms with Crippen molar-refractivity contribution in [3.8, 4) is 6.07 Å². The average Bonchev–Trinajstić information content (AvgIpc) is 2.24. The van der Waals surface area contributed by atoms with Crippen LogP contribution in [-0.2, 0) is 0 Å². The van der Waals surface area contributed by atoms with Crippen molar-refractivity contribution in [3.63, 3.8) is 0 Å². The van der Waals surface area contributed by atoms with Crippen molar-refractivity contribution >= 4 is 5.82 Å². The van der Waals surface area contributed by atoms with Crippen LogP contribution in [0.1, 0.15) is 25.1 Å². The second kappa shape index (κ2) is 5.47. The van der Waals surface area contributed by atoms with E-state index in [-0.39, 0.29) is 12.6 Å². The molecule has 0 spiro atoms. The van der Waals surface area contributed by atoms with E-state index in [0.717, 1.165) is 5.69 Å². The summed E-state index contributed by atoms with van der Waals surface area (Å²) >= 11 is 0. The fourth-order valence-electron chi connectivity index (χ4n) is 1.42. The van der Waals surface area contributed by atoms with Gasteiger partial charge in [0.2, 0.25) is 0 Å². The molecule has 1 aromatic heterocycles. The Hall–Kier alpha value is -1.60. The number of aromatic nitrogens is 1. The summed E-state index contributed by atoms with van der Waals surface area (Å²) in [5.74, 6) is 0.946. The van der Waals surface area contributed by atoms with Crippen LogP contribution in [0.4, 0.5) is 5.82 Å². The Bertz CT molecular complexity index is 396. The number of aliphatic hydroxyl groups is 1. The Balaban J connectivity index is 2.88. The van der Waals surface area contributed by atoms with Crippen molar-refractivity contribution < 1.29 is 5.11 Å². The summed E-state index contributed by atoms with van der Waals surface area (Å²) in [7, 11) is 0. The Morgan fingerprint density at radius 2 is 2.19 bits per heavy atom. The molecule has 0 amide bonds. The van der Waals surface area contributed by atoms with Gasteiger partial charge in [0.15, 0.2) is 0 Å². The molecule has 16 heavy (non-hydrogen) atoms. The normalized spacial score (nSPS) is 12.2. The van der Waals surface area contributed by atoms with Crippen LogP contribution < -0.4 is 5.32 Å². The summed E-state index contributed by atoms with van der Waals surface area (Å²) in [4.78, 5) is 4.28. The highest BCUT2D eigenvalue weighted by atomic mass is 16.3. The van der Waals surface area contributed by atoms with Gasteiger partial charge in [-0.25, -0.2) is 4.98 Å². The molecule has 0 aromatic carbocycles. The predicted octanol–water partition coefficient (Wildman–Crippen LogP) is 1.69. The first-order valence-electron chi connectivity index (χ1n) is 5.33. The molecule has 1 rings (SSSR count). The van der Waals surface area contributed by atoms with E-state index in [0.29, 0.717) is 17.3 Å². The third kappa shape index (κ3) is 3.21. The zero-order valence-corrected chi connectivity index (χ0v) is 9.86. The number of hydrogen-bond acceptors (Lipinski definition) is 4. The first kappa shape index (κ1) is 12.5. The van der Waals surface area contributed by atoms with E-state index in [1.165, 1.54) is 0 Å². The van der Waals surface area contributed by atoms with Crippen LogP contribution in [0.15, 0.2) is 12.1 Å². The van der Waals surface area contributed by atoms with Crippen LogP contribution >= 0.6 is 0 Å². The maximum Gasteiger partial charge on any atom is 0.127 e. The summed E-state index contributed by atoms with van der Waals surface area (Å²) in [6.45, 7) is 5.94. The third-order valence-electron chi connectivity index (χ3n) is 2.42. The van der Waals surface area contributed by atoms with Gasteiger partial charge in [-0.05, 0) is 25.0 Å². The molecule has 4 heteroatoms. The molecule has 1 heterocycles. The molecule has 1 atom stereocenters. The van der Waals surface area contributed by atoms with E-state index in [2.05, 4.69) is 16.4 Å². The van der Waals surface area contributed by atoms with Crippen molar-refractivity contribution in [2.45, 2.75) is 26.8 Å². The standard InChI is InChI=1S/C12H17N3O/c1-8(2)11(7-16)15-12-5-10(6-13)4-9(3)14-12/h4-5,8,11,16H,7H2,1-3H3,(H,14,15). The molecule has 4 nitrogen and oxygen atoms in total. The van der Waals surface area contributed by atoms with E-state index in [4.69, 9.17) is 5.26 Å². The minimum Gasteiger partial charge on any atom is -0.394 e. The second-order valence-corrected chi connectivity index (χ2v) is 4.17. The molecule has 0 saturated carbocycles. The minimum absolute atomic E-state index is 0.0409. The van der Waals surface area contributed by atoms with E-state index < -0.39 is 0 Å². The number of hydrogen-bond donors (Lipinski definition) is 2. The number of nitriles is 1. The molecular weight excluding hydrogens is 202 g/mol. The second-order valence-electron chi connectivity index (χ2n) is 4.17. The van der Waals surface area contributed by atoms with E-state index >= 15 is 0 Å². The fourth-order valence-corrected chi connectivity index (χ4v) is 1.42. The molecule has 0 radical (unpaired) electrons. The van der Waals surface area contributed by atoms with Crippen molar-refractivity contribution in [2.24, 2.45) is 5.92 Å². The highest BCUT2D eigenvalue weighted by Gasteiger charge is 2.12. The number of aryl methyl sites for hydroxylation is 1. The third-order valence-corrected chi connectivity index (χ3v) is 2.42. The Morgan fingerprint density at radius 1 is 1.50 bits per heavy atom. The summed E-state index contributed by atoms with van der Waals surface area (Å²) in [5, 5.41) is 21.2. The summed E-state index contributed by atoms with van der Waals surface area (Å²) in [6, 6.07) is 5.47. The van der Waals surface area contributed by atoms with Gasteiger partial charge in [-0.15, -0.1) is 0 Å². The number of nitrogens with zero attached hydrogens (tertiary/aromatic N) is 2. The quantitative estimate of drug-likeness (QED) is 0.808. The van der Waals surface area contributed by atoms with Gasteiger partial charge >= 0.3 is 0 Å². The van der Waals surface area contributed by atoms with E-state index in [1.807, 2.05) is 20.8 Å². The van der Waals surface area contributed by atoms with Crippen LogP contribution in [0.25, 0.3) is 0 Å². The smallest absolute Gasteiger partial charge is 0.127 e. The van der Waals surface area contributed by atoms with Crippen molar-refractivity contribution in [3.05, 3.63) is 23.4 Å². The van der Waals surface area contributed by atoms with Crippen LogP contribution in [0, 0.1) is 24.2 Å². The Labute approximate surface area is 95.9 Å². The first-order valence-corrected chi connectivity index (χ1v) is 5.33. The minimum atomic E-state index is -0.0409. The van der Waals surface area contributed by atoms with E-state index in [1.54, 1.807) is 12.1 Å². The molecule has 0 saturated heterocycles. The topological polar surface area (TPSA) is 68.9 Å². The zero-order valence-electron chi connectivity index (χ0n) is 9.86. The van der Waals surface area contributed by atoms with Crippen molar-refractivity contribution in [1.82, 2.24) is 4.98 Å². The fraction of sp³-hybridized carbons (Fsp3) is 0.500. The number of aliphatic hydroxyl groups excluding tert-OH is 1. The van der Waals surface area contributed by atoms with Crippen LogP contribution in [0.5, 0.6) is 0 Å². The van der Waals surface area contributed by atoms with Gasteiger partial charge in [-0.2, -0.15) is 5.26 Å². The SMILES string of the molecule is Cc1cc(C#N)cc(NC(CO)C(C)C)n1. The number of nitrogens with one attached hydrogen (secondary N) is 1. The van der Waals surface area contributed by atoms with Gasteiger partial charge in [0.25, 0.3) is 0 Å². The molecule has 0 aliphatic heterocycles. The van der Waals surface area contributed by atoms with Crippen LogP contribution in [0.2, 0.25) is 0 Å². The molecule has 2 N–H and O–H groups in total. The van der Waals surface area contributed by atoms with Crippen molar-refractivity contribution in [2.75, 3.05) is 11.9 Å². The predicted molar refractivity (Wildman–Crippen MR) is 63.0 cm³/mol. The van der Waals surface area contributed by atoms with Gasteiger partial charge in [-0.1, -0.05) is 13.8 Å².